The average Bonchev–Trinajstić information content (AvgIpc) is 3.47. The molecule has 6 rings (SSSR count). The van der Waals surface area contributed by atoms with Gasteiger partial charge in [-0.05, 0) is 0 Å². The topological polar surface area (TPSA) is 38.1 Å². The Balaban J connectivity index is 1.33. The van der Waals surface area contributed by atoms with Crippen LogP contribution in [0.1, 0.15) is 26.3 Å². The number of nitrogens with zero attached hydrogens (tertiary/aromatic N) is 1. The number of thioether (sulfide) groups is 1. The molecular weight excluding hydrogens is 467 g/mol. The number of benzene rings is 2. The fourth-order valence-electron chi connectivity index (χ4n) is 5.15. The van der Waals surface area contributed by atoms with Gasteiger partial charge in [-0.2, -0.15) is 0 Å². The number of rotatable bonds is 4. The number of nitrogens with one attached hydrogen (secondary N) is 1. The van der Waals surface area contributed by atoms with Gasteiger partial charge in [0, 0.05) is 0 Å². The average molecular weight is 488 g/mol. The number of hydrogen-bond donors (Lipinski definition) is 1. The van der Waals surface area contributed by atoms with E-state index in [0.29, 0.717) is 6.04 Å². The van der Waals surface area contributed by atoms with Gasteiger partial charge in [-0.3, -0.25) is 0 Å². The molecule has 2 aromatic carbocycles. The molecule has 3 aromatic rings. The van der Waals surface area contributed by atoms with E-state index in [-0.39, 0.29) is 0 Å². The van der Waals surface area contributed by atoms with Gasteiger partial charge in [-0.1, -0.05) is 0 Å². The van der Waals surface area contributed by atoms with E-state index in [4.69, 9.17) is 9.40 Å². The predicted molar refractivity (Wildman–Crippen MR) is 117 cm³/mol. The third-order valence-electron chi connectivity index (χ3n) is 6.42. The Kier molecular flexibility index (Phi) is 4.25. The van der Waals surface area contributed by atoms with Gasteiger partial charge in [0.2, 0.25) is 0 Å². The van der Waals surface area contributed by atoms with Crippen LogP contribution in [0.25, 0.3) is 17.5 Å². The first-order valence-electron chi connectivity index (χ1n) is 9.96. The van der Waals surface area contributed by atoms with Gasteiger partial charge >= 0.3 is 178 Å². The van der Waals surface area contributed by atoms with Gasteiger partial charge in [-0.15, -0.1) is 0 Å². The van der Waals surface area contributed by atoms with Crippen molar-refractivity contribution in [3.63, 3.8) is 0 Å². The summed E-state index contributed by atoms with van der Waals surface area (Å²) in [6, 6.07) is 18.0. The summed E-state index contributed by atoms with van der Waals surface area (Å²) >= 11 is -0.0277. The van der Waals surface area contributed by atoms with E-state index in [9.17, 15) is 0 Å². The molecule has 0 spiro atoms. The second kappa shape index (κ2) is 6.82. The van der Waals surface area contributed by atoms with Gasteiger partial charge in [0.1, 0.15) is 0 Å². The van der Waals surface area contributed by atoms with Crippen molar-refractivity contribution in [3.05, 3.63) is 74.4 Å². The summed E-state index contributed by atoms with van der Waals surface area (Å²) in [5.41, 5.74) is 5.37. The van der Waals surface area contributed by atoms with E-state index in [1.165, 1.54) is 5.75 Å². The van der Waals surface area contributed by atoms with Gasteiger partial charge in [-0.25, -0.2) is 0 Å². The normalized spacial score (nSPS) is 22.2. The van der Waals surface area contributed by atoms with Gasteiger partial charge in [0.15, 0.2) is 0 Å². The van der Waals surface area contributed by atoms with Crippen LogP contribution in [-0.4, -0.2) is 44.1 Å². The van der Waals surface area contributed by atoms with Crippen molar-refractivity contribution in [2.45, 2.75) is 23.1 Å². The molecule has 0 saturated carbocycles. The van der Waals surface area contributed by atoms with Crippen molar-refractivity contribution >= 4 is 42.6 Å². The van der Waals surface area contributed by atoms with Crippen LogP contribution in [0.15, 0.2) is 56.3 Å². The Bertz CT molecular complexity index is 1090. The second-order valence-corrected chi connectivity index (χ2v) is 17.7. The Labute approximate surface area is 177 Å². The molecule has 0 amide bonds. The summed E-state index contributed by atoms with van der Waals surface area (Å²) < 4.78 is 10.2. The van der Waals surface area contributed by atoms with Crippen LogP contribution in [0.2, 0.25) is 0 Å². The molecule has 3 aliphatic rings. The fourth-order valence-corrected chi connectivity index (χ4v) is 19.0. The van der Waals surface area contributed by atoms with Gasteiger partial charge in [0.05, 0.1) is 0 Å². The molecule has 1 fully saturated rings. The molecule has 1 N–H and O–H groups in total. The Morgan fingerprint density at radius 1 is 1.18 bits per heavy atom. The first kappa shape index (κ1) is 17.4. The number of hydrogen-bond acceptors (Lipinski definition) is 4. The van der Waals surface area contributed by atoms with Crippen molar-refractivity contribution in [3.8, 4) is 11.5 Å². The van der Waals surface area contributed by atoms with Crippen LogP contribution in [0, 0.1) is 6.92 Å². The fraction of sp³-hybridized carbons (Fsp3) is 0.261. The summed E-state index contributed by atoms with van der Waals surface area (Å²) in [6.07, 6.45) is 3.48. The molecule has 1 aromatic heterocycles. The zero-order valence-electron chi connectivity index (χ0n) is 15.8. The predicted octanol–water partition coefficient (Wildman–Crippen LogP) is 3.83. The number of aromatic nitrogens is 1. The van der Waals surface area contributed by atoms with Crippen LogP contribution >= 0.6 is 11.8 Å². The van der Waals surface area contributed by atoms with E-state index in [2.05, 4.69) is 48.6 Å². The van der Waals surface area contributed by atoms with E-state index in [1.807, 2.05) is 30.0 Å². The molecule has 0 radical (unpaired) electrons. The Hall–Kier alpha value is -1.43. The van der Waals surface area contributed by atoms with Crippen molar-refractivity contribution < 1.29 is 4.42 Å². The molecule has 3 nitrogen and oxygen atoms in total. The van der Waals surface area contributed by atoms with Crippen LogP contribution in [0.5, 0.6) is 0 Å². The summed E-state index contributed by atoms with van der Waals surface area (Å²) in [5.74, 6) is 4.07. The van der Waals surface area contributed by atoms with E-state index in [1.54, 1.807) is 17.8 Å². The van der Waals surface area contributed by atoms with Crippen molar-refractivity contribution in [2.75, 3.05) is 11.6 Å². The number of oxazole rings is 1. The zero-order valence-corrected chi connectivity index (χ0v) is 19.9. The first-order chi connectivity index (χ1) is 13.8. The standard InChI is InChI=1S/C23H21N2OS.In/c1-17-22(25-23(26-17)19-9-3-2-4-10-19)13-7-12-18-8-5-6-11-20(18)14-21-15-27-16-24-21;/h2-6,9-12,14,21,24H,13,15-16H2,1H3;. The van der Waals surface area contributed by atoms with Crippen LogP contribution in [0.3, 0.4) is 0 Å². The van der Waals surface area contributed by atoms with Crippen molar-refractivity contribution in [1.82, 2.24) is 10.3 Å². The molecule has 0 aliphatic carbocycles. The van der Waals surface area contributed by atoms with Crippen LogP contribution in [0.4, 0.5) is 0 Å². The van der Waals surface area contributed by atoms with Crippen LogP contribution < -0.4 is 8.64 Å². The minimum absolute atomic E-state index is 0.659. The van der Waals surface area contributed by atoms with E-state index in [0.717, 1.165) is 38.9 Å². The minimum atomic E-state index is -2.08. The zero-order chi connectivity index (χ0) is 18.7. The molecule has 28 heavy (non-hydrogen) atoms. The number of aryl methyl sites for hydroxylation is 1. The Morgan fingerprint density at radius 2 is 2.07 bits per heavy atom. The van der Waals surface area contributed by atoms with Crippen molar-refractivity contribution in [1.29, 1.82) is 0 Å². The van der Waals surface area contributed by atoms with Gasteiger partial charge < -0.3 is 0 Å². The molecule has 2 atom stereocenters. The van der Waals surface area contributed by atoms with Gasteiger partial charge in [0.25, 0.3) is 0 Å². The molecule has 2 unspecified atom stereocenters. The molecule has 5 heteroatoms. The maximum absolute atomic E-state index is 6.03. The third kappa shape index (κ3) is 2.66. The SMILES string of the molecule is Cc1oc(-c2ccccc2)nc1C[C]1=Cc2c3ccc[c]2[In]1[CH]3C1CSCN1. The summed E-state index contributed by atoms with van der Waals surface area (Å²) in [5, 5.41) is 3.78. The molecule has 1 saturated heterocycles. The van der Waals surface area contributed by atoms with Crippen molar-refractivity contribution in [2.24, 2.45) is 0 Å². The maximum atomic E-state index is 6.03. The molecule has 4 bridgehead atoms. The number of allylic oxidation sites excluding steroid dienone is 1. The Morgan fingerprint density at radius 3 is 2.86 bits per heavy atom. The first-order valence-corrected chi connectivity index (χ1v) is 16.3. The molecule has 138 valence electrons. The van der Waals surface area contributed by atoms with E-state index >= 15 is 0 Å². The summed E-state index contributed by atoms with van der Waals surface area (Å²) in [4.78, 5) is 4.89. The monoisotopic (exact) mass is 488 g/mol. The van der Waals surface area contributed by atoms with Crippen LogP contribution in [-0.2, 0) is 6.42 Å². The quantitative estimate of drug-likeness (QED) is 0.606. The molecular formula is C23H21InN2OS. The molecule has 3 aliphatic heterocycles. The molecule has 4 heterocycles. The summed E-state index contributed by atoms with van der Waals surface area (Å²) in [6.45, 7) is 2.06. The summed E-state index contributed by atoms with van der Waals surface area (Å²) in [7, 11) is 0. The van der Waals surface area contributed by atoms with E-state index < -0.39 is 21.4 Å². The third-order valence-corrected chi connectivity index (χ3v) is 18.5. The second-order valence-electron chi connectivity index (χ2n) is 7.96.